The number of aromatic nitrogens is 4. The number of hydrogen-bond acceptors (Lipinski definition) is 6. The summed E-state index contributed by atoms with van der Waals surface area (Å²) in [7, 11) is 0. The molecule has 0 unspecified atom stereocenters. The van der Waals surface area contributed by atoms with Crippen LogP contribution in [0.2, 0.25) is 0 Å². The molecule has 1 fully saturated rings. The van der Waals surface area contributed by atoms with Crippen molar-refractivity contribution >= 4 is 5.95 Å². The van der Waals surface area contributed by atoms with Gasteiger partial charge in [0.1, 0.15) is 12.6 Å². The maximum Gasteiger partial charge on any atom is 0.408 e. The Morgan fingerprint density at radius 2 is 2.08 bits per heavy atom. The molecule has 25 heavy (non-hydrogen) atoms. The molecule has 0 amide bonds. The highest BCUT2D eigenvalue weighted by Gasteiger charge is 2.28. The van der Waals surface area contributed by atoms with Crippen molar-refractivity contribution in [2.45, 2.75) is 31.6 Å². The molecule has 2 aromatic rings. The molecule has 1 aliphatic heterocycles. The third kappa shape index (κ3) is 4.45. The van der Waals surface area contributed by atoms with Crippen molar-refractivity contribution in [3.05, 3.63) is 24.2 Å². The molecule has 0 bridgehead atoms. The second kappa shape index (κ2) is 7.06. The van der Waals surface area contributed by atoms with Crippen molar-refractivity contribution in [1.82, 2.24) is 25.1 Å². The van der Waals surface area contributed by atoms with Crippen LogP contribution < -0.4 is 10.6 Å². The lowest BCUT2D eigenvalue weighted by Gasteiger charge is -2.23. The molecule has 132 valence electrons. The van der Waals surface area contributed by atoms with E-state index in [2.05, 4.69) is 25.7 Å². The van der Waals surface area contributed by atoms with Gasteiger partial charge in [-0.1, -0.05) is 0 Å². The normalized spacial score (nSPS) is 15.8. The van der Waals surface area contributed by atoms with Crippen molar-refractivity contribution in [3.8, 4) is 17.3 Å². The number of nitrogens with zero attached hydrogens (tertiary/aromatic N) is 5. The van der Waals surface area contributed by atoms with E-state index in [1.165, 1.54) is 18.6 Å². The standard InChI is InChI=1S/C15H16F3N7/c16-15(17,18)9-25-8-11(7-22-25)13-10(5-19)6-21-14(24-13)23-12-1-3-20-4-2-12/h6-8,12,20H,1-4,9H2,(H,21,23,24). The van der Waals surface area contributed by atoms with E-state index in [0.29, 0.717) is 11.5 Å². The van der Waals surface area contributed by atoms with E-state index >= 15 is 0 Å². The van der Waals surface area contributed by atoms with Gasteiger partial charge in [-0.25, -0.2) is 9.97 Å². The molecule has 0 saturated carbocycles. The molecular weight excluding hydrogens is 335 g/mol. The first-order valence-electron chi connectivity index (χ1n) is 7.78. The van der Waals surface area contributed by atoms with Gasteiger partial charge in [0, 0.05) is 17.8 Å². The molecule has 0 radical (unpaired) electrons. The fourth-order valence-corrected chi connectivity index (χ4v) is 2.66. The van der Waals surface area contributed by atoms with Crippen molar-refractivity contribution < 1.29 is 13.2 Å². The Balaban J connectivity index is 1.84. The summed E-state index contributed by atoms with van der Waals surface area (Å²) < 4.78 is 38.2. The molecule has 0 atom stereocenters. The van der Waals surface area contributed by atoms with Gasteiger partial charge in [-0.3, -0.25) is 4.68 Å². The van der Waals surface area contributed by atoms with E-state index < -0.39 is 12.7 Å². The van der Waals surface area contributed by atoms with Gasteiger partial charge in [0.2, 0.25) is 5.95 Å². The van der Waals surface area contributed by atoms with Crippen LogP contribution in [0.1, 0.15) is 18.4 Å². The molecule has 7 nitrogen and oxygen atoms in total. The Hall–Kier alpha value is -2.67. The van der Waals surface area contributed by atoms with Gasteiger partial charge in [-0.05, 0) is 25.9 Å². The van der Waals surface area contributed by atoms with Gasteiger partial charge in [-0.2, -0.15) is 23.5 Å². The SMILES string of the molecule is N#Cc1cnc(NC2CCNCC2)nc1-c1cnn(CC(F)(F)F)c1. The van der Waals surface area contributed by atoms with Crippen LogP contribution >= 0.6 is 0 Å². The molecule has 3 rings (SSSR count). The molecule has 0 aromatic carbocycles. The van der Waals surface area contributed by atoms with Gasteiger partial charge in [0.15, 0.2) is 0 Å². The van der Waals surface area contributed by atoms with Gasteiger partial charge < -0.3 is 10.6 Å². The third-order valence-electron chi connectivity index (χ3n) is 3.83. The lowest BCUT2D eigenvalue weighted by atomic mass is 10.1. The van der Waals surface area contributed by atoms with Gasteiger partial charge in [0.25, 0.3) is 0 Å². The largest absolute Gasteiger partial charge is 0.408 e. The highest BCUT2D eigenvalue weighted by molar-refractivity contribution is 5.65. The fraction of sp³-hybridized carbons (Fsp3) is 0.467. The van der Waals surface area contributed by atoms with Gasteiger partial charge in [-0.15, -0.1) is 0 Å². The molecule has 10 heteroatoms. The van der Waals surface area contributed by atoms with E-state index in [1.807, 2.05) is 6.07 Å². The van der Waals surface area contributed by atoms with Crippen LogP contribution in [0.4, 0.5) is 19.1 Å². The van der Waals surface area contributed by atoms with E-state index in [0.717, 1.165) is 30.6 Å². The zero-order valence-electron chi connectivity index (χ0n) is 13.2. The Morgan fingerprint density at radius 3 is 2.76 bits per heavy atom. The second-order valence-electron chi connectivity index (χ2n) is 5.78. The van der Waals surface area contributed by atoms with Crippen LogP contribution in [0, 0.1) is 11.3 Å². The van der Waals surface area contributed by atoms with Crippen molar-refractivity contribution in [3.63, 3.8) is 0 Å². The number of anilines is 1. The molecule has 0 aliphatic carbocycles. The molecule has 1 aliphatic rings. The van der Waals surface area contributed by atoms with Crippen molar-refractivity contribution in [2.24, 2.45) is 0 Å². The number of piperidine rings is 1. The summed E-state index contributed by atoms with van der Waals surface area (Å²) in [5, 5.41) is 19.4. The lowest BCUT2D eigenvalue weighted by molar-refractivity contribution is -0.142. The minimum atomic E-state index is -4.37. The Morgan fingerprint density at radius 1 is 1.32 bits per heavy atom. The topological polar surface area (TPSA) is 91.4 Å². The highest BCUT2D eigenvalue weighted by Crippen LogP contribution is 2.24. The first-order valence-corrected chi connectivity index (χ1v) is 7.78. The maximum absolute atomic E-state index is 12.5. The average Bonchev–Trinajstić information content (AvgIpc) is 3.02. The average molecular weight is 351 g/mol. The van der Waals surface area contributed by atoms with Gasteiger partial charge in [0.05, 0.1) is 23.7 Å². The van der Waals surface area contributed by atoms with E-state index in [9.17, 15) is 18.4 Å². The summed E-state index contributed by atoms with van der Waals surface area (Å²) in [6.07, 6.45) is 1.33. The molecular formula is C15H16F3N7. The zero-order chi connectivity index (χ0) is 17.9. The number of nitrogens with one attached hydrogen (secondary N) is 2. The fourth-order valence-electron chi connectivity index (χ4n) is 2.66. The minimum Gasteiger partial charge on any atom is -0.351 e. The minimum absolute atomic E-state index is 0.183. The number of hydrogen-bond donors (Lipinski definition) is 2. The van der Waals surface area contributed by atoms with Crippen molar-refractivity contribution in [1.29, 1.82) is 5.26 Å². The summed E-state index contributed by atoms with van der Waals surface area (Å²) >= 11 is 0. The smallest absolute Gasteiger partial charge is 0.351 e. The Bertz CT molecular complexity index is 772. The Labute approximate surface area is 141 Å². The molecule has 2 N–H and O–H groups in total. The van der Waals surface area contributed by atoms with E-state index in [-0.39, 0.29) is 17.3 Å². The monoisotopic (exact) mass is 351 g/mol. The van der Waals surface area contributed by atoms with E-state index in [1.54, 1.807) is 0 Å². The summed E-state index contributed by atoms with van der Waals surface area (Å²) in [6.45, 7) is 0.593. The van der Waals surface area contributed by atoms with Crippen LogP contribution in [0.5, 0.6) is 0 Å². The maximum atomic E-state index is 12.5. The lowest BCUT2D eigenvalue weighted by Crippen LogP contribution is -2.35. The molecule has 0 spiro atoms. The second-order valence-corrected chi connectivity index (χ2v) is 5.78. The Kier molecular flexibility index (Phi) is 4.85. The van der Waals surface area contributed by atoms with Crippen LogP contribution in [0.15, 0.2) is 18.6 Å². The quantitative estimate of drug-likeness (QED) is 0.875. The van der Waals surface area contributed by atoms with E-state index in [4.69, 9.17) is 0 Å². The van der Waals surface area contributed by atoms with Crippen LogP contribution in [0.3, 0.4) is 0 Å². The zero-order valence-corrected chi connectivity index (χ0v) is 13.2. The highest BCUT2D eigenvalue weighted by atomic mass is 19.4. The number of halogens is 3. The van der Waals surface area contributed by atoms with Crippen LogP contribution in [-0.2, 0) is 6.54 Å². The summed E-state index contributed by atoms with van der Waals surface area (Å²) in [5.41, 5.74) is 0.793. The first kappa shape index (κ1) is 17.2. The molecule has 1 saturated heterocycles. The summed E-state index contributed by atoms with van der Waals surface area (Å²) in [5.74, 6) is 0.351. The molecule has 3 heterocycles. The number of alkyl halides is 3. The van der Waals surface area contributed by atoms with Crippen molar-refractivity contribution in [2.75, 3.05) is 18.4 Å². The predicted octanol–water partition coefficient (Wildman–Crippen LogP) is 1.94. The third-order valence-corrected chi connectivity index (χ3v) is 3.83. The summed E-state index contributed by atoms with van der Waals surface area (Å²) in [4.78, 5) is 8.44. The van der Waals surface area contributed by atoms with Crippen LogP contribution in [0.25, 0.3) is 11.3 Å². The predicted molar refractivity (Wildman–Crippen MR) is 83.5 cm³/mol. The van der Waals surface area contributed by atoms with Crippen LogP contribution in [-0.4, -0.2) is 45.1 Å². The molecule has 2 aromatic heterocycles. The van der Waals surface area contributed by atoms with Gasteiger partial charge >= 0.3 is 6.18 Å². The first-order chi connectivity index (χ1) is 11.9. The number of rotatable bonds is 4. The summed E-state index contributed by atoms with van der Waals surface area (Å²) in [6, 6.07) is 2.18. The number of nitriles is 1.